The van der Waals surface area contributed by atoms with Crippen LogP contribution in [0, 0.1) is 17.1 Å². The van der Waals surface area contributed by atoms with E-state index in [2.05, 4.69) is 0 Å². The van der Waals surface area contributed by atoms with Gasteiger partial charge in [0.25, 0.3) is 0 Å². The summed E-state index contributed by atoms with van der Waals surface area (Å²) in [5.41, 5.74) is 0.609. The van der Waals surface area contributed by atoms with Crippen molar-refractivity contribution in [2.45, 2.75) is 6.61 Å². The number of benzene rings is 2. The average Bonchev–Trinajstić information content (AvgIpc) is 2.41. The Morgan fingerprint density at radius 1 is 1.26 bits per heavy atom. The zero-order chi connectivity index (χ0) is 13.8. The molecule has 1 N–H and O–H groups in total. The Morgan fingerprint density at radius 2 is 2.05 bits per heavy atom. The highest BCUT2D eigenvalue weighted by Crippen LogP contribution is 2.30. The van der Waals surface area contributed by atoms with E-state index in [0.29, 0.717) is 16.3 Å². The highest BCUT2D eigenvalue weighted by Gasteiger charge is 2.07. The maximum atomic E-state index is 13.4. The summed E-state index contributed by atoms with van der Waals surface area (Å²) in [6.07, 6.45) is 0. The van der Waals surface area contributed by atoms with Crippen molar-refractivity contribution in [1.29, 1.82) is 5.26 Å². The predicted molar refractivity (Wildman–Crippen MR) is 68.6 cm³/mol. The van der Waals surface area contributed by atoms with Crippen molar-refractivity contribution >= 4 is 11.6 Å². The number of nitrogens with zero attached hydrogens (tertiary/aromatic N) is 1. The Labute approximate surface area is 114 Å². The predicted octanol–water partition coefficient (Wildman–Crippen LogP) is 3.64. The van der Waals surface area contributed by atoms with E-state index in [0.717, 1.165) is 6.07 Å². The first-order chi connectivity index (χ1) is 9.13. The van der Waals surface area contributed by atoms with Crippen molar-refractivity contribution in [3.63, 3.8) is 0 Å². The minimum absolute atomic E-state index is 0.0472. The normalized spacial score (nSPS) is 10.0. The highest BCUT2D eigenvalue weighted by molar-refractivity contribution is 6.32. The van der Waals surface area contributed by atoms with Gasteiger partial charge in [0.2, 0.25) is 0 Å². The van der Waals surface area contributed by atoms with Crippen molar-refractivity contribution < 1.29 is 14.2 Å². The van der Waals surface area contributed by atoms with E-state index in [1.165, 1.54) is 12.1 Å². The fraction of sp³-hybridized carbons (Fsp3) is 0.0714. The lowest BCUT2D eigenvalue weighted by molar-refractivity contribution is 0.281. The molecular formula is C14H9ClFNO2. The third-order valence-electron chi connectivity index (χ3n) is 2.47. The van der Waals surface area contributed by atoms with Crippen LogP contribution in [-0.2, 0) is 6.61 Å². The SMILES string of the molecule is N#Cc1ccc(Oc2ccc(CO)cc2Cl)cc1F. The standard InChI is InChI=1S/C14H9ClFNO2/c15-12-5-9(8-18)1-4-14(12)19-11-3-2-10(7-17)13(16)6-11/h1-6,18H,8H2. The van der Waals surface area contributed by atoms with E-state index in [1.807, 2.05) is 0 Å². The zero-order valence-corrected chi connectivity index (χ0v) is 10.5. The van der Waals surface area contributed by atoms with Crippen molar-refractivity contribution in [3.05, 3.63) is 58.4 Å². The second kappa shape index (κ2) is 5.70. The van der Waals surface area contributed by atoms with E-state index in [4.69, 9.17) is 26.7 Å². The Bertz CT molecular complexity index is 652. The van der Waals surface area contributed by atoms with Crippen molar-refractivity contribution in [2.24, 2.45) is 0 Å². The van der Waals surface area contributed by atoms with Gasteiger partial charge in [-0.3, -0.25) is 0 Å². The maximum absolute atomic E-state index is 13.4. The molecule has 2 aromatic carbocycles. The van der Waals surface area contributed by atoms with E-state index in [-0.39, 0.29) is 17.9 Å². The monoisotopic (exact) mass is 277 g/mol. The molecule has 2 rings (SSSR count). The molecule has 0 fully saturated rings. The van der Waals surface area contributed by atoms with Crippen LogP contribution in [0.3, 0.4) is 0 Å². The second-order valence-electron chi connectivity index (χ2n) is 3.78. The number of hydrogen-bond acceptors (Lipinski definition) is 3. The van der Waals surface area contributed by atoms with Crippen LogP contribution in [0.25, 0.3) is 0 Å². The molecule has 2 aromatic rings. The van der Waals surface area contributed by atoms with Crippen molar-refractivity contribution in [3.8, 4) is 17.6 Å². The van der Waals surface area contributed by atoms with E-state index >= 15 is 0 Å². The molecule has 0 saturated heterocycles. The quantitative estimate of drug-likeness (QED) is 0.932. The minimum atomic E-state index is -0.650. The van der Waals surface area contributed by atoms with E-state index in [1.54, 1.807) is 24.3 Å². The molecule has 0 aliphatic carbocycles. The summed E-state index contributed by atoms with van der Waals surface area (Å²) < 4.78 is 18.8. The summed E-state index contributed by atoms with van der Waals surface area (Å²) in [6, 6.07) is 10.5. The average molecular weight is 278 g/mol. The molecule has 0 aliphatic rings. The van der Waals surface area contributed by atoms with Gasteiger partial charge in [0, 0.05) is 6.07 Å². The van der Waals surface area contributed by atoms with Crippen LogP contribution in [0.1, 0.15) is 11.1 Å². The van der Waals surface area contributed by atoms with Gasteiger partial charge in [0.15, 0.2) is 0 Å². The molecule has 0 aliphatic heterocycles. The van der Waals surface area contributed by atoms with Crippen LogP contribution >= 0.6 is 11.6 Å². The molecular weight excluding hydrogens is 269 g/mol. The Morgan fingerprint density at radius 3 is 2.63 bits per heavy atom. The lowest BCUT2D eigenvalue weighted by Crippen LogP contribution is -1.90. The van der Waals surface area contributed by atoms with Crippen LogP contribution in [0.5, 0.6) is 11.5 Å². The Hall–Kier alpha value is -2.09. The van der Waals surface area contributed by atoms with Crippen LogP contribution < -0.4 is 4.74 Å². The first kappa shape index (κ1) is 13.3. The fourth-order valence-electron chi connectivity index (χ4n) is 1.50. The molecule has 0 atom stereocenters. The number of nitriles is 1. The van der Waals surface area contributed by atoms with Crippen molar-refractivity contribution in [2.75, 3.05) is 0 Å². The first-order valence-corrected chi connectivity index (χ1v) is 5.78. The molecule has 0 amide bonds. The fourth-order valence-corrected chi connectivity index (χ4v) is 1.74. The molecule has 0 unspecified atom stereocenters. The third kappa shape index (κ3) is 3.02. The molecule has 0 spiro atoms. The molecule has 0 saturated carbocycles. The number of aliphatic hydroxyl groups excluding tert-OH is 1. The van der Waals surface area contributed by atoms with Crippen LogP contribution in [0.15, 0.2) is 36.4 Å². The van der Waals surface area contributed by atoms with Gasteiger partial charge in [0.1, 0.15) is 23.4 Å². The van der Waals surface area contributed by atoms with Gasteiger partial charge in [-0.05, 0) is 29.8 Å². The van der Waals surface area contributed by atoms with Crippen LogP contribution in [0.2, 0.25) is 5.02 Å². The summed E-state index contributed by atoms with van der Waals surface area (Å²) in [5.74, 6) is -0.0544. The summed E-state index contributed by atoms with van der Waals surface area (Å²) in [6.45, 7) is -0.120. The Kier molecular flexibility index (Phi) is 4.00. The maximum Gasteiger partial charge on any atom is 0.146 e. The smallest absolute Gasteiger partial charge is 0.146 e. The lowest BCUT2D eigenvalue weighted by atomic mass is 10.2. The molecule has 5 heteroatoms. The van der Waals surface area contributed by atoms with Crippen molar-refractivity contribution in [1.82, 2.24) is 0 Å². The zero-order valence-electron chi connectivity index (χ0n) is 9.73. The highest BCUT2D eigenvalue weighted by atomic mass is 35.5. The number of aliphatic hydroxyl groups is 1. The summed E-state index contributed by atoms with van der Waals surface area (Å²) in [4.78, 5) is 0. The molecule has 19 heavy (non-hydrogen) atoms. The third-order valence-corrected chi connectivity index (χ3v) is 2.76. The van der Waals surface area contributed by atoms with Gasteiger partial charge in [-0.2, -0.15) is 5.26 Å². The minimum Gasteiger partial charge on any atom is -0.456 e. The number of rotatable bonds is 3. The summed E-state index contributed by atoms with van der Waals surface area (Å²) in [7, 11) is 0. The lowest BCUT2D eigenvalue weighted by Gasteiger charge is -2.08. The number of ether oxygens (including phenoxy) is 1. The summed E-state index contributed by atoms with van der Waals surface area (Å²) >= 11 is 5.97. The molecule has 0 aromatic heterocycles. The number of hydrogen-bond donors (Lipinski definition) is 1. The van der Waals surface area contributed by atoms with Gasteiger partial charge in [-0.25, -0.2) is 4.39 Å². The molecule has 96 valence electrons. The molecule has 0 heterocycles. The Balaban J connectivity index is 2.26. The summed E-state index contributed by atoms with van der Waals surface area (Å²) in [5, 5.41) is 17.9. The largest absolute Gasteiger partial charge is 0.456 e. The van der Waals surface area contributed by atoms with E-state index < -0.39 is 5.82 Å². The van der Waals surface area contributed by atoms with Gasteiger partial charge in [-0.15, -0.1) is 0 Å². The first-order valence-electron chi connectivity index (χ1n) is 5.41. The molecule has 3 nitrogen and oxygen atoms in total. The van der Waals surface area contributed by atoms with Crippen LogP contribution in [0.4, 0.5) is 4.39 Å². The van der Waals surface area contributed by atoms with Gasteiger partial charge >= 0.3 is 0 Å². The van der Waals surface area contributed by atoms with Gasteiger partial charge in [0.05, 0.1) is 17.2 Å². The van der Waals surface area contributed by atoms with Crippen LogP contribution in [-0.4, -0.2) is 5.11 Å². The van der Waals surface area contributed by atoms with Gasteiger partial charge in [-0.1, -0.05) is 17.7 Å². The topological polar surface area (TPSA) is 53.2 Å². The second-order valence-corrected chi connectivity index (χ2v) is 4.19. The number of halogens is 2. The molecule has 0 radical (unpaired) electrons. The van der Waals surface area contributed by atoms with Gasteiger partial charge < -0.3 is 9.84 Å². The van der Waals surface area contributed by atoms with E-state index in [9.17, 15) is 4.39 Å². The molecule has 0 bridgehead atoms.